The number of rotatable bonds is 3. The van der Waals surface area contributed by atoms with E-state index >= 15 is 0 Å². The van der Waals surface area contributed by atoms with E-state index in [1.165, 1.54) is 0 Å². The van der Waals surface area contributed by atoms with Gasteiger partial charge in [0.2, 0.25) is 0 Å². The molecule has 0 N–H and O–H groups in total. The van der Waals surface area contributed by atoms with Crippen LogP contribution in [0.25, 0.3) is 0 Å². The average Bonchev–Trinajstić information content (AvgIpc) is 2.42. The summed E-state index contributed by atoms with van der Waals surface area (Å²) in [6.45, 7) is 18.7. The normalized spacial score (nSPS) is 36.0. The molecule has 1 rings (SSSR count). The molecule has 0 aromatic heterocycles. The van der Waals surface area contributed by atoms with Gasteiger partial charge in [0.05, 0.1) is 0 Å². The lowest BCUT2D eigenvalue weighted by atomic mass is 10.3. The fourth-order valence-electron chi connectivity index (χ4n) is 2.68. The van der Waals surface area contributed by atoms with E-state index in [1.54, 1.807) is 21.3 Å². The van der Waals surface area contributed by atoms with Gasteiger partial charge in [-0.15, -0.1) is 0 Å². The van der Waals surface area contributed by atoms with Crippen LogP contribution in [0.5, 0.6) is 0 Å². The van der Waals surface area contributed by atoms with Crippen LogP contribution in [0.3, 0.4) is 0 Å². The zero-order chi connectivity index (χ0) is 19.2. The smallest absolute Gasteiger partial charge is 0.377 e. The van der Waals surface area contributed by atoms with Gasteiger partial charge in [0.15, 0.2) is 0 Å². The summed E-state index contributed by atoms with van der Waals surface area (Å²) in [5.74, 6) is 0. The molecule has 0 unspecified atom stereocenters. The average molecular weight is 397 g/mol. The molecule has 0 atom stereocenters. The van der Waals surface area contributed by atoms with Gasteiger partial charge in [-0.2, -0.15) is 0 Å². The summed E-state index contributed by atoms with van der Waals surface area (Å²) in [6, 6.07) is 0. The van der Waals surface area contributed by atoms with E-state index in [1.807, 2.05) is 0 Å². The van der Waals surface area contributed by atoms with Crippen molar-refractivity contribution in [3.05, 3.63) is 0 Å². The van der Waals surface area contributed by atoms with Gasteiger partial charge >= 0.3 is 26.4 Å². The van der Waals surface area contributed by atoms with Crippen molar-refractivity contribution in [2.75, 3.05) is 21.3 Å². The second kappa shape index (κ2) is 6.54. The summed E-state index contributed by atoms with van der Waals surface area (Å²) in [6.07, 6.45) is 0. The van der Waals surface area contributed by atoms with Crippen molar-refractivity contribution in [3.63, 3.8) is 0 Å². The molecule has 0 radical (unpaired) electrons. The molecule has 1 heterocycles. The van der Waals surface area contributed by atoms with Crippen molar-refractivity contribution < 1.29 is 25.6 Å². The maximum Gasteiger partial charge on any atom is 0.491 e. The van der Waals surface area contributed by atoms with Crippen LogP contribution >= 0.6 is 0 Å². The van der Waals surface area contributed by atoms with E-state index in [0.29, 0.717) is 0 Å². The molecule has 1 saturated heterocycles. The summed E-state index contributed by atoms with van der Waals surface area (Å²) >= 11 is 0. The Hall–Kier alpha value is 0.411. The summed E-state index contributed by atoms with van der Waals surface area (Å²) in [5.41, 5.74) is 0. The lowest BCUT2D eigenvalue weighted by Gasteiger charge is -2.58. The second-order valence-corrected chi connectivity index (χ2v) is 20.8. The summed E-state index contributed by atoms with van der Waals surface area (Å²) < 4.78 is 37.7. The first-order valence-electron chi connectivity index (χ1n) is 8.31. The topological polar surface area (TPSA) is 55.4 Å². The number of hydrogen-bond acceptors (Lipinski definition) is 6. The van der Waals surface area contributed by atoms with Gasteiger partial charge in [-0.3, -0.25) is 0 Å². The quantitative estimate of drug-likeness (QED) is 0.666. The van der Waals surface area contributed by atoms with Crippen molar-refractivity contribution in [2.45, 2.75) is 77.4 Å². The van der Waals surface area contributed by atoms with Crippen molar-refractivity contribution in [1.29, 1.82) is 0 Å². The van der Waals surface area contributed by atoms with Gasteiger partial charge in [-0.1, -0.05) is 62.3 Å². The van der Waals surface area contributed by atoms with Crippen molar-refractivity contribution in [3.8, 4) is 0 Å². The fourth-order valence-corrected chi connectivity index (χ4v) is 19.7. The van der Waals surface area contributed by atoms with Gasteiger partial charge in [0.25, 0.3) is 0 Å². The van der Waals surface area contributed by atoms with Crippen LogP contribution < -0.4 is 0 Å². The Morgan fingerprint density at radius 1 is 0.458 bits per heavy atom. The third-order valence-electron chi connectivity index (χ3n) is 4.37. The molecular formula is C15H36O6Si3. The molecule has 1 fully saturated rings. The Kier molecular flexibility index (Phi) is 6.12. The minimum atomic E-state index is -3.14. The maximum absolute atomic E-state index is 6.58. The standard InChI is InChI=1S/C15H36O6Si3/c1-13(2,3)22(16-10)19-23(17-11,14(4,5)6)21-24(18-12,20-22)15(7,8)9/h1-12H3. The number of hydrogen-bond donors (Lipinski definition) is 0. The Bertz CT molecular complexity index is 377. The first kappa shape index (κ1) is 22.5. The van der Waals surface area contributed by atoms with Gasteiger partial charge in [-0.05, 0) is 0 Å². The highest BCUT2D eigenvalue weighted by molar-refractivity contribution is 6.91. The minimum Gasteiger partial charge on any atom is -0.377 e. The van der Waals surface area contributed by atoms with Crippen LogP contribution in [0.2, 0.25) is 15.1 Å². The molecule has 0 aromatic carbocycles. The van der Waals surface area contributed by atoms with Crippen LogP contribution in [0.1, 0.15) is 62.3 Å². The van der Waals surface area contributed by atoms with E-state index in [0.717, 1.165) is 0 Å². The molecule has 1 aliphatic rings. The Morgan fingerprint density at radius 2 is 0.625 bits per heavy atom. The highest BCUT2D eigenvalue weighted by Crippen LogP contribution is 2.55. The fraction of sp³-hybridized carbons (Fsp3) is 1.00. The summed E-state index contributed by atoms with van der Waals surface area (Å²) in [7, 11) is -4.47. The molecule has 0 spiro atoms. The molecular weight excluding hydrogens is 360 g/mol. The Labute approximate surface area is 151 Å². The molecule has 0 aromatic rings. The summed E-state index contributed by atoms with van der Waals surface area (Å²) in [4.78, 5) is 0. The van der Waals surface area contributed by atoms with Gasteiger partial charge in [0, 0.05) is 36.4 Å². The lowest BCUT2D eigenvalue weighted by Crippen LogP contribution is -2.79. The first-order chi connectivity index (χ1) is 10.6. The second-order valence-electron chi connectivity index (χ2n) is 9.34. The first-order valence-corrected chi connectivity index (χ1v) is 13.5. The third kappa shape index (κ3) is 3.47. The van der Waals surface area contributed by atoms with Crippen LogP contribution in [0, 0.1) is 0 Å². The van der Waals surface area contributed by atoms with Crippen molar-refractivity contribution in [2.24, 2.45) is 0 Å². The Morgan fingerprint density at radius 3 is 0.708 bits per heavy atom. The van der Waals surface area contributed by atoms with Crippen LogP contribution in [0.4, 0.5) is 0 Å². The highest BCUT2D eigenvalue weighted by atomic mass is 28.5. The SMILES string of the molecule is CO[Si]1(C(C)(C)C)O[Si](OC)(C(C)(C)C)O[Si](OC)(C(C)(C)C)O1. The largest absolute Gasteiger partial charge is 0.491 e. The van der Waals surface area contributed by atoms with Crippen molar-refractivity contribution >= 4 is 26.4 Å². The van der Waals surface area contributed by atoms with Crippen LogP contribution in [0.15, 0.2) is 0 Å². The minimum absolute atomic E-state index is 0.338. The molecule has 1 aliphatic heterocycles. The molecule has 24 heavy (non-hydrogen) atoms. The van der Waals surface area contributed by atoms with E-state index in [-0.39, 0.29) is 15.1 Å². The van der Waals surface area contributed by atoms with Gasteiger partial charge < -0.3 is 25.6 Å². The van der Waals surface area contributed by atoms with E-state index in [9.17, 15) is 0 Å². The predicted octanol–water partition coefficient (Wildman–Crippen LogP) is 4.21. The van der Waals surface area contributed by atoms with Crippen LogP contribution in [-0.4, -0.2) is 47.7 Å². The van der Waals surface area contributed by atoms with Crippen LogP contribution in [-0.2, 0) is 25.6 Å². The molecule has 0 aliphatic carbocycles. The van der Waals surface area contributed by atoms with E-state index in [4.69, 9.17) is 25.6 Å². The monoisotopic (exact) mass is 396 g/mol. The maximum atomic E-state index is 6.58. The van der Waals surface area contributed by atoms with E-state index in [2.05, 4.69) is 62.3 Å². The summed E-state index contributed by atoms with van der Waals surface area (Å²) in [5, 5.41) is -1.01. The zero-order valence-corrected chi connectivity index (χ0v) is 20.4. The van der Waals surface area contributed by atoms with Gasteiger partial charge in [0.1, 0.15) is 0 Å². The molecule has 9 heteroatoms. The lowest BCUT2D eigenvalue weighted by molar-refractivity contribution is 0.00373. The zero-order valence-electron chi connectivity index (χ0n) is 17.4. The molecule has 0 amide bonds. The third-order valence-corrected chi connectivity index (χ3v) is 17.9. The molecule has 144 valence electrons. The Balaban J connectivity index is 3.69. The highest BCUT2D eigenvalue weighted by Gasteiger charge is 2.76. The molecule has 6 nitrogen and oxygen atoms in total. The van der Waals surface area contributed by atoms with Gasteiger partial charge in [-0.25, -0.2) is 0 Å². The predicted molar refractivity (Wildman–Crippen MR) is 101 cm³/mol. The molecule has 0 bridgehead atoms. The van der Waals surface area contributed by atoms with E-state index < -0.39 is 26.4 Å². The van der Waals surface area contributed by atoms with Crippen molar-refractivity contribution in [1.82, 2.24) is 0 Å². The molecule has 0 saturated carbocycles.